The molecule has 0 unspecified atom stereocenters. The second-order valence-corrected chi connectivity index (χ2v) is 6.48. The summed E-state index contributed by atoms with van der Waals surface area (Å²) in [5.41, 5.74) is 4.98. The molecule has 1 aliphatic rings. The van der Waals surface area contributed by atoms with Crippen LogP contribution in [0, 0.1) is 0 Å². The van der Waals surface area contributed by atoms with Gasteiger partial charge in [0.2, 0.25) is 0 Å². The molecular weight excluding hydrogens is 312 g/mol. The predicted molar refractivity (Wildman–Crippen MR) is 97.9 cm³/mol. The van der Waals surface area contributed by atoms with Crippen molar-refractivity contribution in [1.82, 2.24) is 19.1 Å². The Balaban J connectivity index is 1.71. The van der Waals surface area contributed by atoms with Gasteiger partial charge in [0.25, 0.3) is 0 Å². The number of hydrogen-bond acceptors (Lipinski definition) is 3. The minimum absolute atomic E-state index is 0.660. The van der Waals surface area contributed by atoms with Gasteiger partial charge in [-0.3, -0.25) is 0 Å². The van der Waals surface area contributed by atoms with E-state index in [1.807, 2.05) is 25.6 Å². The summed E-state index contributed by atoms with van der Waals surface area (Å²) in [6.07, 6.45) is 11.4. The summed E-state index contributed by atoms with van der Waals surface area (Å²) in [5.74, 6) is 1.89. The van der Waals surface area contributed by atoms with Crippen molar-refractivity contribution in [1.29, 1.82) is 0 Å². The predicted octanol–water partition coefficient (Wildman–Crippen LogP) is 3.70. The molecule has 5 nitrogen and oxygen atoms in total. The summed E-state index contributed by atoms with van der Waals surface area (Å²) < 4.78 is 10.2. The molecule has 2 aromatic heterocycles. The zero-order valence-corrected chi connectivity index (χ0v) is 14.9. The van der Waals surface area contributed by atoms with Crippen molar-refractivity contribution in [2.45, 2.75) is 46.2 Å². The molecule has 4 rings (SSSR count). The number of nitrogens with zero attached hydrogens (tertiary/aromatic N) is 4. The lowest BCUT2D eigenvalue weighted by Crippen LogP contribution is -2.04. The highest BCUT2D eigenvalue weighted by molar-refractivity contribution is 5.67. The SMILES string of the molecule is CCOc1cc2c(cc1-c1nccn1Cc1cn(CC)cn1)CCC2. The Morgan fingerprint density at radius 2 is 1.96 bits per heavy atom. The van der Waals surface area contributed by atoms with Crippen LogP contribution in [0.25, 0.3) is 11.4 Å². The summed E-state index contributed by atoms with van der Waals surface area (Å²) in [4.78, 5) is 9.12. The van der Waals surface area contributed by atoms with Crippen LogP contribution < -0.4 is 4.74 Å². The van der Waals surface area contributed by atoms with Crippen molar-refractivity contribution in [3.8, 4) is 17.1 Å². The van der Waals surface area contributed by atoms with Crippen LogP contribution in [0.2, 0.25) is 0 Å². The van der Waals surface area contributed by atoms with E-state index in [0.717, 1.165) is 42.2 Å². The summed E-state index contributed by atoms with van der Waals surface area (Å²) in [6, 6.07) is 4.49. The topological polar surface area (TPSA) is 44.9 Å². The zero-order chi connectivity index (χ0) is 17.2. The monoisotopic (exact) mass is 336 g/mol. The van der Waals surface area contributed by atoms with Gasteiger partial charge in [-0.1, -0.05) is 0 Å². The Bertz CT molecular complexity index is 878. The lowest BCUT2D eigenvalue weighted by atomic mass is 10.0. The van der Waals surface area contributed by atoms with E-state index in [2.05, 4.69) is 44.4 Å². The molecule has 0 fully saturated rings. The van der Waals surface area contributed by atoms with Gasteiger partial charge in [0, 0.05) is 25.1 Å². The highest BCUT2D eigenvalue weighted by Crippen LogP contribution is 2.36. The van der Waals surface area contributed by atoms with E-state index in [0.29, 0.717) is 13.2 Å². The van der Waals surface area contributed by atoms with Gasteiger partial charge in [0.15, 0.2) is 0 Å². The average molecular weight is 336 g/mol. The van der Waals surface area contributed by atoms with E-state index in [1.54, 1.807) is 0 Å². The number of hydrogen-bond donors (Lipinski definition) is 0. The molecule has 0 atom stereocenters. The van der Waals surface area contributed by atoms with Crippen LogP contribution in [-0.2, 0) is 25.9 Å². The van der Waals surface area contributed by atoms with E-state index in [9.17, 15) is 0 Å². The lowest BCUT2D eigenvalue weighted by Gasteiger charge is -2.14. The van der Waals surface area contributed by atoms with E-state index in [4.69, 9.17) is 4.74 Å². The average Bonchev–Trinajstić information content (AvgIpc) is 3.35. The number of aryl methyl sites for hydroxylation is 3. The van der Waals surface area contributed by atoms with Gasteiger partial charge >= 0.3 is 0 Å². The number of imidazole rings is 2. The van der Waals surface area contributed by atoms with E-state index in [1.165, 1.54) is 17.5 Å². The number of benzene rings is 1. The number of ether oxygens (including phenoxy) is 1. The second-order valence-electron chi connectivity index (χ2n) is 6.48. The maximum Gasteiger partial charge on any atom is 0.144 e. The molecule has 1 aromatic carbocycles. The van der Waals surface area contributed by atoms with Gasteiger partial charge in [0.1, 0.15) is 11.6 Å². The molecular formula is C20H24N4O. The smallest absolute Gasteiger partial charge is 0.144 e. The van der Waals surface area contributed by atoms with E-state index < -0.39 is 0 Å². The first kappa shape index (κ1) is 15.9. The zero-order valence-electron chi connectivity index (χ0n) is 14.9. The summed E-state index contributed by atoms with van der Waals surface area (Å²) >= 11 is 0. The third-order valence-corrected chi connectivity index (χ3v) is 4.83. The molecule has 0 saturated heterocycles. The number of fused-ring (bicyclic) bond motifs is 1. The Morgan fingerprint density at radius 1 is 1.12 bits per heavy atom. The first-order valence-corrected chi connectivity index (χ1v) is 9.09. The first-order valence-electron chi connectivity index (χ1n) is 9.09. The largest absolute Gasteiger partial charge is 0.493 e. The minimum atomic E-state index is 0.660. The fourth-order valence-electron chi connectivity index (χ4n) is 3.57. The molecule has 130 valence electrons. The molecule has 2 heterocycles. The van der Waals surface area contributed by atoms with Crippen LogP contribution in [0.1, 0.15) is 37.1 Å². The molecule has 3 aromatic rings. The van der Waals surface area contributed by atoms with Gasteiger partial charge in [-0.15, -0.1) is 0 Å². The highest BCUT2D eigenvalue weighted by Gasteiger charge is 2.19. The number of rotatable bonds is 6. The van der Waals surface area contributed by atoms with Crippen molar-refractivity contribution in [2.24, 2.45) is 0 Å². The minimum Gasteiger partial charge on any atom is -0.493 e. The molecule has 0 amide bonds. The van der Waals surface area contributed by atoms with Gasteiger partial charge in [-0.25, -0.2) is 9.97 Å². The van der Waals surface area contributed by atoms with E-state index >= 15 is 0 Å². The molecule has 0 saturated carbocycles. The van der Waals surface area contributed by atoms with E-state index in [-0.39, 0.29) is 0 Å². The maximum atomic E-state index is 5.94. The van der Waals surface area contributed by atoms with Crippen LogP contribution in [0.15, 0.2) is 37.1 Å². The Kier molecular flexibility index (Phi) is 4.30. The second kappa shape index (κ2) is 6.75. The van der Waals surface area contributed by atoms with Crippen molar-refractivity contribution < 1.29 is 4.74 Å². The third-order valence-electron chi connectivity index (χ3n) is 4.83. The molecule has 0 bridgehead atoms. The van der Waals surface area contributed by atoms with Crippen molar-refractivity contribution >= 4 is 0 Å². The third kappa shape index (κ3) is 3.06. The van der Waals surface area contributed by atoms with Gasteiger partial charge in [0.05, 0.1) is 30.7 Å². The maximum absolute atomic E-state index is 5.94. The summed E-state index contributed by atoms with van der Waals surface area (Å²) in [5, 5.41) is 0. The quantitative estimate of drug-likeness (QED) is 0.689. The van der Waals surface area contributed by atoms with Crippen molar-refractivity contribution in [2.75, 3.05) is 6.61 Å². The molecule has 0 N–H and O–H groups in total. The molecule has 1 aliphatic carbocycles. The van der Waals surface area contributed by atoms with Gasteiger partial charge in [-0.05, 0) is 56.4 Å². The number of aromatic nitrogens is 4. The normalized spacial score (nSPS) is 13.2. The van der Waals surface area contributed by atoms with Crippen LogP contribution in [0.5, 0.6) is 5.75 Å². The summed E-state index contributed by atoms with van der Waals surface area (Å²) in [7, 11) is 0. The fraction of sp³-hybridized carbons (Fsp3) is 0.400. The van der Waals surface area contributed by atoms with Gasteiger partial charge < -0.3 is 13.9 Å². The standard InChI is InChI=1S/C20H24N4O/c1-3-23-12-17(22-14-23)13-24-9-8-21-20(24)18-10-15-6-5-7-16(15)11-19(18)25-4-2/h8-12,14H,3-7,13H2,1-2H3. The molecule has 0 aliphatic heterocycles. The van der Waals surface area contributed by atoms with Crippen molar-refractivity contribution in [3.63, 3.8) is 0 Å². The van der Waals surface area contributed by atoms with Crippen LogP contribution in [0.4, 0.5) is 0 Å². The molecule has 0 spiro atoms. The fourth-order valence-corrected chi connectivity index (χ4v) is 3.57. The Hall–Kier alpha value is -2.56. The molecule has 5 heteroatoms. The highest BCUT2D eigenvalue weighted by atomic mass is 16.5. The Labute approximate surface area is 148 Å². The van der Waals surface area contributed by atoms with Gasteiger partial charge in [-0.2, -0.15) is 0 Å². The molecule has 0 radical (unpaired) electrons. The lowest BCUT2D eigenvalue weighted by molar-refractivity contribution is 0.341. The van der Waals surface area contributed by atoms with Crippen LogP contribution in [-0.4, -0.2) is 25.7 Å². The van der Waals surface area contributed by atoms with Crippen LogP contribution >= 0.6 is 0 Å². The Morgan fingerprint density at radius 3 is 2.72 bits per heavy atom. The first-order chi connectivity index (χ1) is 12.3. The van der Waals surface area contributed by atoms with Crippen molar-refractivity contribution in [3.05, 3.63) is 53.9 Å². The van der Waals surface area contributed by atoms with Crippen LogP contribution in [0.3, 0.4) is 0 Å². The molecule has 25 heavy (non-hydrogen) atoms. The summed E-state index contributed by atoms with van der Waals surface area (Å²) in [6.45, 7) is 6.45.